The van der Waals surface area contributed by atoms with Gasteiger partial charge in [-0.05, 0) is 6.92 Å². The summed E-state index contributed by atoms with van der Waals surface area (Å²) in [5.41, 5.74) is 0. The van der Waals surface area contributed by atoms with Gasteiger partial charge < -0.3 is 19.9 Å². The summed E-state index contributed by atoms with van der Waals surface area (Å²) >= 11 is 0. The largest absolute Gasteiger partial charge is 0.378 e. The molecule has 1 N–H and O–H groups in total. The summed E-state index contributed by atoms with van der Waals surface area (Å²) in [5.74, 6) is 1.80. The first-order valence-electron chi connectivity index (χ1n) is 7.17. The molecule has 2 rings (SSSR count). The first-order valence-corrected chi connectivity index (χ1v) is 7.17. The van der Waals surface area contributed by atoms with Crippen LogP contribution in [0.3, 0.4) is 0 Å². The van der Waals surface area contributed by atoms with Crippen molar-refractivity contribution in [3.8, 4) is 6.07 Å². The normalized spacial score (nSPS) is 14.6. The van der Waals surface area contributed by atoms with Gasteiger partial charge in [-0.1, -0.05) is 0 Å². The predicted octanol–water partition coefficient (Wildman–Crippen LogP) is 0.490. The molecule has 0 radical (unpaired) electrons. The van der Waals surface area contributed by atoms with E-state index in [2.05, 4.69) is 31.2 Å². The quantitative estimate of drug-likeness (QED) is 0.810. The SMILES string of the molecule is CCN(CCC#N)c1nc(NC)nc(N2CCOCC2)n1. The molecule has 1 saturated heterocycles. The average Bonchev–Trinajstić information content (AvgIpc) is 2.56. The van der Waals surface area contributed by atoms with Crippen LogP contribution in [0.1, 0.15) is 13.3 Å². The van der Waals surface area contributed by atoms with Crippen molar-refractivity contribution < 1.29 is 4.74 Å². The summed E-state index contributed by atoms with van der Waals surface area (Å²) in [7, 11) is 1.79. The number of morpholine rings is 1. The number of aromatic nitrogens is 3. The molecule has 8 heteroatoms. The molecule has 0 atom stereocenters. The van der Waals surface area contributed by atoms with Gasteiger partial charge in [-0.15, -0.1) is 0 Å². The fourth-order valence-corrected chi connectivity index (χ4v) is 2.10. The molecule has 1 aliphatic rings. The third-order valence-corrected chi connectivity index (χ3v) is 3.29. The van der Waals surface area contributed by atoms with Crippen molar-refractivity contribution in [2.75, 3.05) is 61.6 Å². The van der Waals surface area contributed by atoms with Gasteiger partial charge >= 0.3 is 0 Å². The summed E-state index contributed by atoms with van der Waals surface area (Å²) in [5, 5.41) is 11.7. The lowest BCUT2D eigenvalue weighted by Gasteiger charge is -2.28. The Hall–Kier alpha value is -2.14. The Bertz CT molecular complexity index is 496. The molecule has 1 aromatic rings. The van der Waals surface area contributed by atoms with Crippen molar-refractivity contribution >= 4 is 17.8 Å². The summed E-state index contributed by atoms with van der Waals surface area (Å²) in [4.78, 5) is 17.4. The van der Waals surface area contributed by atoms with Crippen LogP contribution in [0.15, 0.2) is 0 Å². The van der Waals surface area contributed by atoms with Crippen LogP contribution >= 0.6 is 0 Å². The van der Waals surface area contributed by atoms with Crippen LogP contribution in [-0.2, 0) is 4.74 Å². The van der Waals surface area contributed by atoms with E-state index in [-0.39, 0.29) is 0 Å². The highest BCUT2D eigenvalue weighted by Gasteiger charge is 2.18. The van der Waals surface area contributed by atoms with Crippen molar-refractivity contribution in [2.45, 2.75) is 13.3 Å². The highest BCUT2D eigenvalue weighted by molar-refractivity contribution is 5.45. The van der Waals surface area contributed by atoms with Crippen molar-refractivity contribution in [1.29, 1.82) is 5.26 Å². The molecule has 0 saturated carbocycles. The average molecular weight is 291 g/mol. The number of nitriles is 1. The van der Waals surface area contributed by atoms with Gasteiger partial charge in [0.25, 0.3) is 0 Å². The van der Waals surface area contributed by atoms with E-state index in [4.69, 9.17) is 10.00 Å². The molecule has 0 bridgehead atoms. The number of nitrogens with one attached hydrogen (secondary N) is 1. The fraction of sp³-hybridized carbons (Fsp3) is 0.692. The Labute approximate surface area is 124 Å². The molecule has 8 nitrogen and oxygen atoms in total. The van der Waals surface area contributed by atoms with Crippen LogP contribution < -0.4 is 15.1 Å². The van der Waals surface area contributed by atoms with Crippen LogP contribution in [0.2, 0.25) is 0 Å². The van der Waals surface area contributed by atoms with Crippen molar-refractivity contribution in [1.82, 2.24) is 15.0 Å². The Morgan fingerprint density at radius 2 is 2.10 bits per heavy atom. The maximum absolute atomic E-state index is 8.75. The molecule has 1 fully saturated rings. The highest BCUT2D eigenvalue weighted by atomic mass is 16.5. The zero-order valence-electron chi connectivity index (χ0n) is 12.5. The van der Waals surface area contributed by atoms with Crippen LogP contribution in [0, 0.1) is 11.3 Å². The van der Waals surface area contributed by atoms with Crippen LogP contribution in [0.5, 0.6) is 0 Å². The molecule has 0 unspecified atom stereocenters. The maximum Gasteiger partial charge on any atom is 0.232 e. The molecule has 0 spiro atoms. The molecular formula is C13H21N7O. The topological polar surface area (TPSA) is 90.2 Å². The lowest BCUT2D eigenvalue weighted by molar-refractivity contribution is 0.122. The van der Waals surface area contributed by atoms with Crippen LogP contribution in [0.4, 0.5) is 17.8 Å². The smallest absolute Gasteiger partial charge is 0.232 e. The lowest BCUT2D eigenvalue weighted by Crippen LogP contribution is -2.38. The van der Waals surface area contributed by atoms with Gasteiger partial charge in [0.2, 0.25) is 17.8 Å². The minimum absolute atomic E-state index is 0.446. The van der Waals surface area contributed by atoms with Crippen molar-refractivity contribution in [3.63, 3.8) is 0 Å². The zero-order valence-corrected chi connectivity index (χ0v) is 12.5. The van der Waals surface area contributed by atoms with Gasteiger partial charge in [0.05, 0.1) is 25.7 Å². The second kappa shape index (κ2) is 7.59. The van der Waals surface area contributed by atoms with E-state index in [1.165, 1.54) is 0 Å². The molecule has 2 heterocycles. The lowest BCUT2D eigenvalue weighted by atomic mass is 10.4. The van der Waals surface area contributed by atoms with E-state index in [9.17, 15) is 0 Å². The van der Waals surface area contributed by atoms with E-state index in [1.807, 2.05) is 11.8 Å². The Morgan fingerprint density at radius 1 is 1.33 bits per heavy atom. The summed E-state index contributed by atoms with van der Waals surface area (Å²) in [6, 6.07) is 2.15. The Morgan fingerprint density at radius 3 is 2.71 bits per heavy atom. The number of ether oxygens (including phenoxy) is 1. The predicted molar refractivity (Wildman–Crippen MR) is 80.5 cm³/mol. The van der Waals surface area contributed by atoms with Crippen LogP contribution in [0.25, 0.3) is 0 Å². The minimum Gasteiger partial charge on any atom is -0.378 e. The third kappa shape index (κ3) is 3.92. The fourth-order valence-electron chi connectivity index (χ4n) is 2.10. The van der Waals surface area contributed by atoms with Crippen molar-refractivity contribution in [3.05, 3.63) is 0 Å². The Balaban J connectivity index is 2.25. The highest BCUT2D eigenvalue weighted by Crippen LogP contribution is 2.17. The third-order valence-electron chi connectivity index (χ3n) is 3.29. The molecule has 21 heavy (non-hydrogen) atoms. The molecule has 0 aliphatic carbocycles. The van der Waals surface area contributed by atoms with E-state index in [1.54, 1.807) is 7.05 Å². The second-order valence-corrected chi connectivity index (χ2v) is 4.60. The van der Waals surface area contributed by atoms with E-state index in [0.29, 0.717) is 44.0 Å². The van der Waals surface area contributed by atoms with Crippen LogP contribution in [-0.4, -0.2) is 61.4 Å². The first kappa shape index (κ1) is 15.3. The minimum atomic E-state index is 0.446. The standard InChI is InChI=1S/C13H21N7O/c1-3-19(6-4-5-14)12-16-11(15-2)17-13(18-12)20-7-9-21-10-8-20/h3-4,6-10H2,1-2H3,(H,15,16,17,18). The van der Waals surface area contributed by atoms with E-state index < -0.39 is 0 Å². The number of anilines is 3. The van der Waals surface area contributed by atoms with Gasteiger partial charge in [0.15, 0.2) is 0 Å². The van der Waals surface area contributed by atoms with E-state index >= 15 is 0 Å². The summed E-state index contributed by atoms with van der Waals surface area (Å²) in [6.45, 7) is 6.30. The molecule has 0 amide bonds. The molecular weight excluding hydrogens is 270 g/mol. The maximum atomic E-state index is 8.75. The van der Waals surface area contributed by atoms with Crippen molar-refractivity contribution in [2.24, 2.45) is 0 Å². The van der Waals surface area contributed by atoms with E-state index in [0.717, 1.165) is 19.6 Å². The van der Waals surface area contributed by atoms with Gasteiger partial charge in [0, 0.05) is 33.2 Å². The first-order chi connectivity index (χ1) is 10.3. The molecule has 1 aromatic heterocycles. The van der Waals surface area contributed by atoms with Gasteiger partial charge in [-0.3, -0.25) is 0 Å². The molecule has 1 aliphatic heterocycles. The van der Waals surface area contributed by atoms with Gasteiger partial charge in [-0.25, -0.2) is 0 Å². The molecule has 0 aromatic carbocycles. The summed E-state index contributed by atoms with van der Waals surface area (Å²) < 4.78 is 5.35. The number of hydrogen-bond donors (Lipinski definition) is 1. The monoisotopic (exact) mass is 291 g/mol. The zero-order chi connectivity index (χ0) is 15.1. The van der Waals surface area contributed by atoms with Gasteiger partial charge in [0.1, 0.15) is 0 Å². The summed E-state index contributed by atoms with van der Waals surface area (Å²) in [6.07, 6.45) is 0.446. The van der Waals surface area contributed by atoms with Gasteiger partial charge in [-0.2, -0.15) is 20.2 Å². The number of nitrogens with zero attached hydrogens (tertiary/aromatic N) is 6. The second-order valence-electron chi connectivity index (χ2n) is 4.60. The number of hydrogen-bond acceptors (Lipinski definition) is 8. The Kier molecular flexibility index (Phi) is 5.51. The molecule has 114 valence electrons. The number of rotatable bonds is 6.